The minimum atomic E-state index is -1.03. The van der Waals surface area contributed by atoms with Crippen molar-refractivity contribution in [3.8, 4) is 5.75 Å². The topological polar surface area (TPSA) is 85.4 Å². The van der Waals surface area contributed by atoms with E-state index in [4.69, 9.17) is 15.6 Å². The third-order valence-corrected chi connectivity index (χ3v) is 2.48. The molecule has 16 heavy (non-hydrogen) atoms. The number of carboxylic acid groups (broad SMARTS) is 1. The Bertz CT molecular complexity index is 404. The minimum Gasteiger partial charge on any atom is -0.496 e. The number of carbonyl (C=O) groups is 1. The number of nitrogens with zero attached hydrogens (tertiary/aromatic N) is 1. The molecule has 0 spiro atoms. The summed E-state index contributed by atoms with van der Waals surface area (Å²) in [6, 6.07) is -0.932. The van der Waals surface area contributed by atoms with Crippen LogP contribution in [0, 0.1) is 13.8 Å². The van der Waals surface area contributed by atoms with Gasteiger partial charge in [-0.05, 0) is 13.8 Å². The predicted octanol–water partition coefficient (Wildman–Crippen LogP) is 0.661. The van der Waals surface area contributed by atoms with Gasteiger partial charge in [0.1, 0.15) is 11.8 Å². The number of methoxy groups -OCH3 is 1. The molecule has 0 saturated heterocycles. The Hall–Kier alpha value is -1.62. The molecular weight excluding hydrogens is 208 g/mol. The Labute approximate surface area is 94.2 Å². The first kappa shape index (κ1) is 12.4. The largest absolute Gasteiger partial charge is 0.496 e. The number of aliphatic carboxylic acids is 1. The van der Waals surface area contributed by atoms with Crippen LogP contribution in [0.4, 0.5) is 0 Å². The molecule has 1 atom stereocenters. The van der Waals surface area contributed by atoms with Crippen molar-refractivity contribution in [2.45, 2.75) is 26.3 Å². The number of hydrogen-bond donors (Lipinski definition) is 2. The van der Waals surface area contributed by atoms with Gasteiger partial charge in [0.2, 0.25) is 0 Å². The van der Waals surface area contributed by atoms with Crippen LogP contribution in [0.3, 0.4) is 0 Å². The molecule has 1 rings (SSSR count). The van der Waals surface area contributed by atoms with Crippen molar-refractivity contribution in [1.82, 2.24) is 4.98 Å². The first-order chi connectivity index (χ1) is 7.47. The fraction of sp³-hybridized carbons (Fsp3) is 0.455. The Morgan fingerprint density at radius 3 is 2.75 bits per heavy atom. The Morgan fingerprint density at radius 2 is 2.25 bits per heavy atom. The predicted molar refractivity (Wildman–Crippen MR) is 59.6 cm³/mol. The quantitative estimate of drug-likeness (QED) is 0.784. The van der Waals surface area contributed by atoms with Crippen LogP contribution in [-0.4, -0.2) is 29.2 Å². The van der Waals surface area contributed by atoms with Crippen molar-refractivity contribution in [2.75, 3.05) is 7.11 Å². The van der Waals surface area contributed by atoms with E-state index in [0.717, 1.165) is 16.9 Å². The molecular formula is C11H16N2O3. The van der Waals surface area contributed by atoms with Gasteiger partial charge in [-0.25, -0.2) is 0 Å². The minimum absolute atomic E-state index is 0.206. The number of nitrogens with two attached hydrogens (primary N) is 1. The summed E-state index contributed by atoms with van der Waals surface area (Å²) in [7, 11) is 1.58. The molecule has 3 N–H and O–H groups in total. The van der Waals surface area contributed by atoms with E-state index in [0.29, 0.717) is 5.69 Å². The average Bonchev–Trinajstić information content (AvgIpc) is 2.22. The van der Waals surface area contributed by atoms with Crippen LogP contribution >= 0.6 is 0 Å². The molecule has 5 nitrogen and oxygen atoms in total. The Balaban J connectivity index is 3.02. The van der Waals surface area contributed by atoms with Crippen molar-refractivity contribution in [2.24, 2.45) is 5.73 Å². The zero-order valence-electron chi connectivity index (χ0n) is 9.65. The second-order valence-corrected chi connectivity index (χ2v) is 3.70. The van der Waals surface area contributed by atoms with Crippen LogP contribution in [0.5, 0.6) is 5.75 Å². The van der Waals surface area contributed by atoms with Gasteiger partial charge in [-0.3, -0.25) is 9.78 Å². The number of aromatic nitrogens is 1. The van der Waals surface area contributed by atoms with Crippen LogP contribution in [0.1, 0.15) is 16.8 Å². The maximum atomic E-state index is 10.7. The van der Waals surface area contributed by atoms with Crippen molar-refractivity contribution in [1.29, 1.82) is 0 Å². The van der Waals surface area contributed by atoms with Crippen molar-refractivity contribution < 1.29 is 14.6 Å². The van der Waals surface area contributed by atoms with Gasteiger partial charge in [0.25, 0.3) is 0 Å². The molecule has 0 fully saturated rings. The van der Waals surface area contributed by atoms with E-state index in [1.807, 2.05) is 13.8 Å². The highest BCUT2D eigenvalue weighted by atomic mass is 16.5. The molecule has 0 aliphatic heterocycles. The van der Waals surface area contributed by atoms with Gasteiger partial charge >= 0.3 is 5.97 Å². The second kappa shape index (κ2) is 4.94. The van der Waals surface area contributed by atoms with E-state index in [-0.39, 0.29) is 6.42 Å². The lowest BCUT2D eigenvalue weighted by Crippen LogP contribution is -2.32. The van der Waals surface area contributed by atoms with Crippen LogP contribution in [-0.2, 0) is 11.2 Å². The Kier molecular flexibility index (Phi) is 3.84. The number of hydrogen-bond acceptors (Lipinski definition) is 4. The lowest BCUT2D eigenvalue weighted by molar-refractivity contribution is -0.138. The third kappa shape index (κ3) is 2.49. The lowest BCUT2D eigenvalue weighted by Gasteiger charge is -2.13. The van der Waals surface area contributed by atoms with Crippen LogP contribution < -0.4 is 10.5 Å². The van der Waals surface area contributed by atoms with Gasteiger partial charge < -0.3 is 15.6 Å². The van der Waals surface area contributed by atoms with Gasteiger partial charge in [-0.2, -0.15) is 0 Å². The van der Waals surface area contributed by atoms with Gasteiger partial charge in [0, 0.05) is 29.4 Å². The monoisotopic (exact) mass is 224 g/mol. The van der Waals surface area contributed by atoms with Crippen LogP contribution in [0.15, 0.2) is 6.20 Å². The van der Waals surface area contributed by atoms with Gasteiger partial charge in [-0.1, -0.05) is 0 Å². The summed E-state index contributed by atoms with van der Waals surface area (Å²) in [6.07, 6.45) is 1.87. The highest BCUT2D eigenvalue weighted by molar-refractivity contribution is 5.73. The molecule has 0 aliphatic rings. The second-order valence-electron chi connectivity index (χ2n) is 3.70. The molecule has 88 valence electrons. The molecule has 1 unspecified atom stereocenters. The number of aryl methyl sites for hydroxylation is 1. The van der Waals surface area contributed by atoms with Gasteiger partial charge in [0.05, 0.1) is 7.11 Å². The fourth-order valence-electron chi connectivity index (χ4n) is 1.57. The molecule has 0 bridgehead atoms. The van der Waals surface area contributed by atoms with Crippen molar-refractivity contribution in [3.05, 3.63) is 23.0 Å². The fourth-order valence-corrected chi connectivity index (χ4v) is 1.57. The molecule has 0 amide bonds. The van der Waals surface area contributed by atoms with Crippen molar-refractivity contribution in [3.63, 3.8) is 0 Å². The van der Waals surface area contributed by atoms with E-state index in [1.165, 1.54) is 0 Å². The lowest BCUT2D eigenvalue weighted by atomic mass is 10.1. The number of pyridine rings is 1. The molecule has 0 radical (unpaired) electrons. The summed E-state index contributed by atoms with van der Waals surface area (Å²) < 4.78 is 5.23. The average molecular weight is 224 g/mol. The number of rotatable bonds is 4. The summed E-state index contributed by atoms with van der Waals surface area (Å²) >= 11 is 0. The third-order valence-electron chi connectivity index (χ3n) is 2.48. The van der Waals surface area contributed by atoms with Crippen LogP contribution in [0.25, 0.3) is 0 Å². The number of ether oxygens (including phenoxy) is 1. The summed E-state index contributed by atoms with van der Waals surface area (Å²) in [5, 5.41) is 8.73. The summed E-state index contributed by atoms with van der Waals surface area (Å²) in [5.41, 5.74) is 7.90. The standard InChI is InChI=1S/C11H16N2O3/c1-6-5-13-9(4-8(12)11(14)15)7(2)10(6)16-3/h5,8H,4,12H2,1-3H3,(H,14,15). The van der Waals surface area contributed by atoms with Crippen molar-refractivity contribution >= 4 is 5.97 Å². The smallest absolute Gasteiger partial charge is 0.320 e. The SMILES string of the molecule is COc1c(C)cnc(CC(N)C(=O)O)c1C. The zero-order chi connectivity index (χ0) is 12.3. The summed E-state index contributed by atoms with van der Waals surface area (Å²) in [4.78, 5) is 14.8. The van der Waals surface area contributed by atoms with E-state index >= 15 is 0 Å². The molecule has 1 aromatic heterocycles. The normalized spacial score (nSPS) is 12.2. The highest BCUT2D eigenvalue weighted by Gasteiger charge is 2.16. The molecule has 1 heterocycles. The summed E-state index contributed by atoms with van der Waals surface area (Å²) in [5.74, 6) is -0.289. The highest BCUT2D eigenvalue weighted by Crippen LogP contribution is 2.24. The molecule has 0 aliphatic carbocycles. The first-order valence-electron chi connectivity index (χ1n) is 4.94. The zero-order valence-corrected chi connectivity index (χ0v) is 9.65. The van der Waals surface area contributed by atoms with Gasteiger partial charge in [-0.15, -0.1) is 0 Å². The Morgan fingerprint density at radius 1 is 1.62 bits per heavy atom. The van der Waals surface area contributed by atoms with E-state index in [1.54, 1.807) is 13.3 Å². The van der Waals surface area contributed by atoms with E-state index in [2.05, 4.69) is 4.98 Å². The molecule has 0 saturated carbocycles. The first-order valence-corrected chi connectivity index (χ1v) is 4.94. The van der Waals surface area contributed by atoms with Crippen LogP contribution in [0.2, 0.25) is 0 Å². The maximum Gasteiger partial charge on any atom is 0.320 e. The van der Waals surface area contributed by atoms with Gasteiger partial charge in [0.15, 0.2) is 0 Å². The molecule has 1 aromatic rings. The summed E-state index contributed by atoms with van der Waals surface area (Å²) in [6.45, 7) is 3.74. The number of carboxylic acids is 1. The van der Waals surface area contributed by atoms with E-state index < -0.39 is 12.0 Å². The van der Waals surface area contributed by atoms with E-state index in [9.17, 15) is 4.79 Å². The molecule has 5 heteroatoms. The molecule has 0 aromatic carbocycles. The maximum absolute atomic E-state index is 10.7.